The van der Waals surface area contributed by atoms with Crippen LogP contribution in [0.1, 0.15) is 18.3 Å². The highest BCUT2D eigenvalue weighted by molar-refractivity contribution is 5.86. The molecule has 1 heterocycles. The summed E-state index contributed by atoms with van der Waals surface area (Å²) in [4.78, 5) is 0. The van der Waals surface area contributed by atoms with Crippen molar-refractivity contribution in [3.05, 3.63) is 53.6 Å². The first kappa shape index (κ1) is 15.9. The molecule has 0 amide bonds. The van der Waals surface area contributed by atoms with Crippen molar-refractivity contribution >= 4 is 5.57 Å². The number of hydrogen-bond donors (Lipinski definition) is 3. The second-order valence-corrected chi connectivity index (χ2v) is 4.78. The molecule has 0 aliphatic rings. The SMILES string of the molecule is C/C=C(\C(O)=C/CO)c1n[nH]c(C)c1-c1ccc(OC)cc1. The molecule has 0 saturated heterocycles. The van der Waals surface area contributed by atoms with Gasteiger partial charge in [0, 0.05) is 16.8 Å². The molecule has 0 bridgehead atoms. The molecule has 0 unspecified atom stereocenters. The zero-order chi connectivity index (χ0) is 16.1. The number of benzene rings is 1. The van der Waals surface area contributed by atoms with E-state index in [1.165, 1.54) is 6.08 Å². The molecule has 116 valence electrons. The average Bonchev–Trinajstić information content (AvgIpc) is 2.90. The van der Waals surface area contributed by atoms with Gasteiger partial charge >= 0.3 is 0 Å². The molecule has 5 heteroatoms. The van der Waals surface area contributed by atoms with Crippen LogP contribution in [0.15, 0.2) is 42.2 Å². The first-order valence-electron chi connectivity index (χ1n) is 6.98. The second-order valence-electron chi connectivity index (χ2n) is 4.78. The van der Waals surface area contributed by atoms with Gasteiger partial charge in [-0.25, -0.2) is 0 Å². The summed E-state index contributed by atoms with van der Waals surface area (Å²) >= 11 is 0. The van der Waals surface area contributed by atoms with Gasteiger partial charge in [0.1, 0.15) is 17.2 Å². The molecular weight excluding hydrogens is 280 g/mol. The summed E-state index contributed by atoms with van der Waals surface area (Å²) in [6.07, 6.45) is 3.11. The number of allylic oxidation sites excluding steroid dienone is 2. The Morgan fingerprint density at radius 1 is 1.32 bits per heavy atom. The van der Waals surface area contributed by atoms with Crippen molar-refractivity contribution in [2.45, 2.75) is 13.8 Å². The van der Waals surface area contributed by atoms with Crippen molar-refractivity contribution < 1.29 is 14.9 Å². The number of H-pyrrole nitrogens is 1. The standard InChI is InChI=1S/C17H20N2O3/c1-4-14(15(21)9-10-20)17-16(11(2)18-19-17)12-5-7-13(22-3)8-6-12/h4-9,20-21H,10H2,1-3H3,(H,18,19)/b14-4+,15-9+. The number of aliphatic hydroxyl groups excluding tert-OH is 2. The van der Waals surface area contributed by atoms with Crippen molar-refractivity contribution in [2.75, 3.05) is 13.7 Å². The third-order valence-corrected chi connectivity index (χ3v) is 3.43. The normalized spacial score (nSPS) is 12.5. The van der Waals surface area contributed by atoms with E-state index < -0.39 is 0 Å². The summed E-state index contributed by atoms with van der Waals surface area (Å²) in [7, 11) is 1.62. The van der Waals surface area contributed by atoms with E-state index in [9.17, 15) is 5.11 Å². The van der Waals surface area contributed by atoms with E-state index >= 15 is 0 Å². The molecule has 0 aliphatic heterocycles. The Bertz CT molecular complexity index is 697. The molecule has 0 saturated carbocycles. The molecule has 1 aromatic heterocycles. The molecule has 0 fully saturated rings. The summed E-state index contributed by atoms with van der Waals surface area (Å²) in [5, 5.41) is 26.3. The maximum absolute atomic E-state index is 10.1. The lowest BCUT2D eigenvalue weighted by atomic mass is 9.98. The number of nitrogens with zero attached hydrogens (tertiary/aromatic N) is 1. The molecule has 2 rings (SSSR count). The quantitative estimate of drug-likeness (QED) is 0.585. The van der Waals surface area contributed by atoms with Crippen LogP contribution in [0.3, 0.4) is 0 Å². The number of aliphatic hydroxyl groups is 2. The molecule has 22 heavy (non-hydrogen) atoms. The maximum atomic E-state index is 10.1. The molecule has 0 aliphatic carbocycles. The highest BCUT2D eigenvalue weighted by atomic mass is 16.5. The maximum Gasteiger partial charge on any atom is 0.123 e. The monoisotopic (exact) mass is 300 g/mol. The predicted octanol–water partition coefficient (Wildman–Crippen LogP) is 3.23. The summed E-state index contributed by atoms with van der Waals surface area (Å²) in [5.74, 6) is 0.784. The van der Waals surface area contributed by atoms with Crippen LogP contribution in [-0.4, -0.2) is 34.1 Å². The van der Waals surface area contributed by atoms with E-state index in [2.05, 4.69) is 10.2 Å². The van der Waals surface area contributed by atoms with Crippen molar-refractivity contribution in [1.82, 2.24) is 10.2 Å². The highest BCUT2D eigenvalue weighted by Gasteiger charge is 2.18. The minimum Gasteiger partial charge on any atom is -0.508 e. The fourth-order valence-corrected chi connectivity index (χ4v) is 2.34. The van der Waals surface area contributed by atoms with Gasteiger partial charge < -0.3 is 14.9 Å². The van der Waals surface area contributed by atoms with Gasteiger partial charge in [0.15, 0.2) is 0 Å². The topological polar surface area (TPSA) is 78.4 Å². The van der Waals surface area contributed by atoms with Crippen LogP contribution in [0.2, 0.25) is 0 Å². The summed E-state index contributed by atoms with van der Waals surface area (Å²) in [6, 6.07) is 7.65. The van der Waals surface area contributed by atoms with Crippen LogP contribution in [0.4, 0.5) is 0 Å². The van der Waals surface area contributed by atoms with Crippen LogP contribution in [-0.2, 0) is 0 Å². The van der Waals surface area contributed by atoms with E-state index in [1.807, 2.05) is 38.1 Å². The van der Waals surface area contributed by atoms with Gasteiger partial charge in [-0.15, -0.1) is 0 Å². The third kappa shape index (κ3) is 3.04. The van der Waals surface area contributed by atoms with Crippen molar-refractivity contribution in [3.63, 3.8) is 0 Å². The Balaban J connectivity index is 2.53. The van der Waals surface area contributed by atoms with Gasteiger partial charge in [0.2, 0.25) is 0 Å². The molecule has 0 atom stereocenters. The van der Waals surface area contributed by atoms with Crippen LogP contribution in [0, 0.1) is 6.92 Å². The summed E-state index contributed by atoms with van der Waals surface area (Å²) in [5.41, 5.74) is 4.00. The first-order valence-corrected chi connectivity index (χ1v) is 6.98. The summed E-state index contributed by atoms with van der Waals surface area (Å²) in [6.45, 7) is 3.51. The number of hydrogen-bond acceptors (Lipinski definition) is 4. The average molecular weight is 300 g/mol. The fraction of sp³-hybridized carbons (Fsp3) is 0.235. The molecule has 0 radical (unpaired) electrons. The molecular formula is C17H20N2O3. The van der Waals surface area contributed by atoms with Gasteiger partial charge in [-0.1, -0.05) is 18.2 Å². The van der Waals surface area contributed by atoms with Crippen LogP contribution in [0.25, 0.3) is 16.7 Å². The Hall–Kier alpha value is -2.53. The predicted molar refractivity (Wildman–Crippen MR) is 86.8 cm³/mol. The van der Waals surface area contributed by atoms with E-state index in [-0.39, 0.29) is 12.4 Å². The van der Waals surface area contributed by atoms with Gasteiger partial charge in [-0.05, 0) is 37.6 Å². The lowest BCUT2D eigenvalue weighted by Crippen LogP contribution is -1.94. The van der Waals surface area contributed by atoms with Crippen molar-refractivity contribution in [1.29, 1.82) is 0 Å². The van der Waals surface area contributed by atoms with Crippen LogP contribution >= 0.6 is 0 Å². The number of methoxy groups -OCH3 is 1. The molecule has 5 nitrogen and oxygen atoms in total. The third-order valence-electron chi connectivity index (χ3n) is 3.43. The highest BCUT2D eigenvalue weighted by Crippen LogP contribution is 2.33. The Morgan fingerprint density at radius 3 is 2.55 bits per heavy atom. The van der Waals surface area contributed by atoms with E-state index in [4.69, 9.17) is 9.84 Å². The van der Waals surface area contributed by atoms with E-state index in [0.29, 0.717) is 11.3 Å². The van der Waals surface area contributed by atoms with Crippen molar-refractivity contribution in [2.24, 2.45) is 0 Å². The Labute approximate surface area is 129 Å². The molecule has 0 spiro atoms. The number of rotatable bonds is 5. The lowest BCUT2D eigenvalue weighted by Gasteiger charge is -2.08. The van der Waals surface area contributed by atoms with Gasteiger partial charge in [0.05, 0.1) is 13.7 Å². The zero-order valence-corrected chi connectivity index (χ0v) is 12.9. The van der Waals surface area contributed by atoms with E-state index in [1.54, 1.807) is 13.2 Å². The smallest absolute Gasteiger partial charge is 0.123 e. The van der Waals surface area contributed by atoms with Crippen molar-refractivity contribution in [3.8, 4) is 16.9 Å². The van der Waals surface area contributed by atoms with Gasteiger partial charge in [-0.2, -0.15) is 5.10 Å². The lowest BCUT2D eigenvalue weighted by molar-refractivity contribution is 0.333. The Kier molecular flexibility index (Phi) is 5.01. The molecule has 1 aromatic carbocycles. The largest absolute Gasteiger partial charge is 0.508 e. The van der Waals surface area contributed by atoms with Crippen LogP contribution in [0.5, 0.6) is 5.75 Å². The first-order chi connectivity index (χ1) is 10.6. The minimum absolute atomic E-state index is 0.00580. The number of aryl methyl sites for hydroxylation is 1. The number of nitrogens with one attached hydrogen (secondary N) is 1. The van der Waals surface area contributed by atoms with E-state index in [0.717, 1.165) is 22.6 Å². The zero-order valence-electron chi connectivity index (χ0n) is 12.9. The molecule has 3 N–H and O–H groups in total. The number of ether oxygens (including phenoxy) is 1. The molecule has 2 aromatic rings. The Morgan fingerprint density at radius 2 is 2.00 bits per heavy atom. The van der Waals surface area contributed by atoms with Crippen LogP contribution < -0.4 is 4.74 Å². The van der Waals surface area contributed by atoms with Gasteiger partial charge in [0.25, 0.3) is 0 Å². The number of aromatic nitrogens is 2. The number of aromatic amines is 1. The minimum atomic E-state index is -0.232. The summed E-state index contributed by atoms with van der Waals surface area (Å²) < 4.78 is 5.17. The van der Waals surface area contributed by atoms with Gasteiger partial charge in [-0.3, -0.25) is 5.10 Å². The fourth-order valence-electron chi connectivity index (χ4n) is 2.34. The second kappa shape index (κ2) is 6.95.